The van der Waals surface area contributed by atoms with Crippen LogP contribution in [0.15, 0.2) is 0 Å². The van der Waals surface area contributed by atoms with Gasteiger partial charge in [-0.05, 0) is 33.6 Å². The van der Waals surface area contributed by atoms with Gasteiger partial charge in [-0.3, -0.25) is 0 Å². The number of aliphatic hydroxyl groups excluding tert-OH is 1. The van der Waals surface area contributed by atoms with Gasteiger partial charge in [-0.25, -0.2) is 9.97 Å². The standard InChI is InChI=1S/C15H28N4O/c1-6-15(7-2,10-20)9-17-14-11(4)13(16-8-3)18-12(5)19-14/h20H,6-10H2,1-5H3,(H2,16,17,18,19). The molecule has 0 aliphatic heterocycles. The minimum Gasteiger partial charge on any atom is -0.396 e. The first kappa shape index (κ1) is 16.7. The lowest BCUT2D eigenvalue weighted by Crippen LogP contribution is -2.32. The normalized spacial score (nSPS) is 11.5. The van der Waals surface area contributed by atoms with Gasteiger partial charge in [0.05, 0.1) is 6.61 Å². The molecule has 1 aromatic rings. The lowest BCUT2D eigenvalue weighted by atomic mass is 9.83. The molecule has 0 spiro atoms. The smallest absolute Gasteiger partial charge is 0.134 e. The van der Waals surface area contributed by atoms with Crippen molar-refractivity contribution in [1.29, 1.82) is 0 Å². The molecule has 0 aromatic carbocycles. The van der Waals surface area contributed by atoms with Gasteiger partial charge in [0.1, 0.15) is 17.5 Å². The highest BCUT2D eigenvalue weighted by molar-refractivity contribution is 5.57. The molecule has 114 valence electrons. The molecule has 0 amide bonds. The summed E-state index contributed by atoms with van der Waals surface area (Å²) < 4.78 is 0. The van der Waals surface area contributed by atoms with Crippen molar-refractivity contribution in [2.24, 2.45) is 5.41 Å². The van der Waals surface area contributed by atoms with E-state index in [1.807, 2.05) is 13.8 Å². The van der Waals surface area contributed by atoms with Crippen molar-refractivity contribution in [1.82, 2.24) is 9.97 Å². The maximum Gasteiger partial charge on any atom is 0.134 e. The second-order valence-electron chi connectivity index (χ2n) is 5.34. The van der Waals surface area contributed by atoms with Gasteiger partial charge in [0.2, 0.25) is 0 Å². The van der Waals surface area contributed by atoms with E-state index in [2.05, 4.69) is 41.4 Å². The Bertz CT molecular complexity index is 422. The summed E-state index contributed by atoms with van der Waals surface area (Å²) in [5.74, 6) is 2.48. The maximum atomic E-state index is 9.63. The largest absolute Gasteiger partial charge is 0.396 e. The molecule has 1 aromatic heterocycles. The van der Waals surface area contributed by atoms with Gasteiger partial charge in [-0.1, -0.05) is 13.8 Å². The van der Waals surface area contributed by atoms with Crippen molar-refractivity contribution in [3.8, 4) is 0 Å². The highest BCUT2D eigenvalue weighted by Crippen LogP contribution is 2.27. The minimum absolute atomic E-state index is 0.0797. The molecule has 0 bridgehead atoms. The van der Waals surface area contributed by atoms with Crippen LogP contribution in [-0.4, -0.2) is 34.8 Å². The van der Waals surface area contributed by atoms with E-state index in [9.17, 15) is 5.11 Å². The SMILES string of the molecule is CCNc1nc(C)nc(NCC(CC)(CC)CO)c1C. The Labute approximate surface area is 122 Å². The zero-order valence-electron chi connectivity index (χ0n) is 13.4. The molecule has 0 atom stereocenters. The van der Waals surface area contributed by atoms with Crippen LogP contribution in [0.5, 0.6) is 0 Å². The Balaban J connectivity index is 2.92. The molecule has 0 aliphatic rings. The van der Waals surface area contributed by atoms with Crippen LogP contribution in [0.25, 0.3) is 0 Å². The molecule has 1 rings (SSSR count). The molecule has 1 heterocycles. The third kappa shape index (κ3) is 3.82. The van der Waals surface area contributed by atoms with Gasteiger partial charge in [-0.15, -0.1) is 0 Å². The summed E-state index contributed by atoms with van der Waals surface area (Å²) in [7, 11) is 0. The Morgan fingerprint density at radius 3 is 2.00 bits per heavy atom. The molecule has 5 heteroatoms. The summed E-state index contributed by atoms with van der Waals surface area (Å²) >= 11 is 0. The number of nitrogens with zero attached hydrogens (tertiary/aromatic N) is 2. The number of aliphatic hydroxyl groups is 1. The van der Waals surface area contributed by atoms with Crippen molar-refractivity contribution in [3.05, 3.63) is 11.4 Å². The average molecular weight is 280 g/mol. The molecule has 0 saturated heterocycles. The molecule has 0 saturated carbocycles. The quantitative estimate of drug-likeness (QED) is 0.683. The zero-order valence-corrected chi connectivity index (χ0v) is 13.4. The fraction of sp³-hybridized carbons (Fsp3) is 0.733. The van der Waals surface area contributed by atoms with E-state index in [1.54, 1.807) is 0 Å². The predicted octanol–water partition coefficient (Wildman–Crippen LogP) is 2.74. The minimum atomic E-state index is -0.0797. The van der Waals surface area contributed by atoms with E-state index in [0.717, 1.165) is 49.0 Å². The Morgan fingerprint density at radius 1 is 1.00 bits per heavy atom. The van der Waals surface area contributed by atoms with Gasteiger partial charge < -0.3 is 15.7 Å². The summed E-state index contributed by atoms with van der Waals surface area (Å²) in [6.07, 6.45) is 1.88. The van der Waals surface area contributed by atoms with Gasteiger partial charge in [0.15, 0.2) is 0 Å². The van der Waals surface area contributed by atoms with Crippen LogP contribution in [0, 0.1) is 19.3 Å². The molecular formula is C15H28N4O. The van der Waals surface area contributed by atoms with E-state index in [4.69, 9.17) is 0 Å². The van der Waals surface area contributed by atoms with Crippen molar-refractivity contribution in [3.63, 3.8) is 0 Å². The summed E-state index contributed by atoms with van der Waals surface area (Å²) in [6.45, 7) is 11.9. The van der Waals surface area contributed by atoms with Crippen molar-refractivity contribution < 1.29 is 5.11 Å². The van der Waals surface area contributed by atoms with Gasteiger partial charge >= 0.3 is 0 Å². The number of hydrogen-bond donors (Lipinski definition) is 3. The molecule has 20 heavy (non-hydrogen) atoms. The van der Waals surface area contributed by atoms with Crippen LogP contribution in [0.3, 0.4) is 0 Å². The average Bonchev–Trinajstić information content (AvgIpc) is 2.45. The highest BCUT2D eigenvalue weighted by Gasteiger charge is 2.25. The van der Waals surface area contributed by atoms with E-state index in [0.29, 0.717) is 0 Å². The number of aryl methyl sites for hydroxylation is 1. The number of aromatic nitrogens is 2. The first-order chi connectivity index (χ1) is 9.51. The molecule has 5 nitrogen and oxygen atoms in total. The van der Waals surface area contributed by atoms with E-state index in [-0.39, 0.29) is 12.0 Å². The Morgan fingerprint density at radius 2 is 1.55 bits per heavy atom. The lowest BCUT2D eigenvalue weighted by Gasteiger charge is -2.30. The van der Waals surface area contributed by atoms with Crippen molar-refractivity contribution >= 4 is 11.6 Å². The summed E-state index contributed by atoms with van der Waals surface area (Å²) in [4.78, 5) is 8.89. The number of nitrogens with one attached hydrogen (secondary N) is 2. The third-order valence-corrected chi connectivity index (χ3v) is 4.07. The summed E-state index contributed by atoms with van der Waals surface area (Å²) in [6, 6.07) is 0. The zero-order chi connectivity index (χ0) is 15.2. The van der Waals surface area contributed by atoms with Crippen molar-refractivity contribution in [2.75, 3.05) is 30.3 Å². The Hall–Kier alpha value is -1.36. The van der Waals surface area contributed by atoms with Crippen LogP contribution in [0.1, 0.15) is 45.0 Å². The third-order valence-electron chi connectivity index (χ3n) is 4.07. The highest BCUT2D eigenvalue weighted by atomic mass is 16.3. The summed E-state index contributed by atoms with van der Waals surface area (Å²) in [5, 5.41) is 16.3. The molecule has 3 N–H and O–H groups in total. The first-order valence-corrected chi connectivity index (χ1v) is 7.45. The Kier molecular flexibility index (Phi) is 6.20. The van der Waals surface area contributed by atoms with Crippen LogP contribution < -0.4 is 10.6 Å². The number of hydrogen-bond acceptors (Lipinski definition) is 5. The predicted molar refractivity (Wildman–Crippen MR) is 84.3 cm³/mol. The van der Waals surface area contributed by atoms with Gasteiger partial charge in [0, 0.05) is 24.1 Å². The number of anilines is 2. The second-order valence-corrected chi connectivity index (χ2v) is 5.34. The fourth-order valence-corrected chi connectivity index (χ4v) is 2.19. The van der Waals surface area contributed by atoms with Crippen LogP contribution in [-0.2, 0) is 0 Å². The maximum absolute atomic E-state index is 9.63. The lowest BCUT2D eigenvalue weighted by molar-refractivity contribution is 0.127. The van der Waals surface area contributed by atoms with E-state index < -0.39 is 0 Å². The molecule has 0 fully saturated rings. The van der Waals surface area contributed by atoms with E-state index >= 15 is 0 Å². The second kappa shape index (κ2) is 7.43. The number of rotatable bonds is 8. The molecule has 0 aliphatic carbocycles. The molecule has 0 unspecified atom stereocenters. The monoisotopic (exact) mass is 280 g/mol. The van der Waals surface area contributed by atoms with Gasteiger partial charge in [0.25, 0.3) is 0 Å². The van der Waals surface area contributed by atoms with Crippen LogP contribution >= 0.6 is 0 Å². The van der Waals surface area contributed by atoms with Crippen molar-refractivity contribution in [2.45, 2.75) is 47.5 Å². The summed E-state index contributed by atoms with van der Waals surface area (Å²) in [5.41, 5.74) is 0.945. The fourth-order valence-electron chi connectivity index (χ4n) is 2.19. The molecule has 0 radical (unpaired) electrons. The van der Waals surface area contributed by atoms with Crippen LogP contribution in [0.4, 0.5) is 11.6 Å². The molecular weight excluding hydrogens is 252 g/mol. The first-order valence-electron chi connectivity index (χ1n) is 7.45. The van der Waals surface area contributed by atoms with Crippen LogP contribution in [0.2, 0.25) is 0 Å². The van der Waals surface area contributed by atoms with Gasteiger partial charge in [-0.2, -0.15) is 0 Å². The topological polar surface area (TPSA) is 70.1 Å². The van der Waals surface area contributed by atoms with E-state index in [1.165, 1.54) is 0 Å².